The van der Waals surface area contributed by atoms with Crippen LogP contribution in [0.5, 0.6) is 0 Å². The Morgan fingerprint density at radius 2 is 1.93 bits per heavy atom. The van der Waals surface area contributed by atoms with Crippen molar-refractivity contribution in [3.63, 3.8) is 0 Å². The van der Waals surface area contributed by atoms with Crippen LogP contribution >= 0.6 is 11.6 Å². The number of nitrogens with one attached hydrogen (secondary N) is 1. The Labute approximate surface area is 166 Å². The Morgan fingerprint density at radius 1 is 1.25 bits per heavy atom. The van der Waals surface area contributed by atoms with Gasteiger partial charge in [-0.2, -0.15) is 0 Å². The van der Waals surface area contributed by atoms with Crippen molar-refractivity contribution in [2.75, 3.05) is 32.8 Å². The van der Waals surface area contributed by atoms with Gasteiger partial charge in [-0.05, 0) is 29.8 Å². The standard InChI is InChI=1S/C19H19ClFN3O4/c20-14-3-6-17(24(26)27)16(11-14)19(25)22-12-18(23-7-9-28-10-8-23)13-1-4-15(21)5-2-13/h1-6,11,18H,7-10,12H2,(H,22,25). The summed E-state index contributed by atoms with van der Waals surface area (Å²) in [5.41, 5.74) is 0.424. The largest absolute Gasteiger partial charge is 0.379 e. The molecule has 1 fully saturated rings. The van der Waals surface area contributed by atoms with Crippen molar-refractivity contribution < 1.29 is 18.8 Å². The fourth-order valence-electron chi connectivity index (χ4n) is 3.17. The summed E-state index contributed by atoms with van der Waals surface area (Å²) >= 11 is 5.90. The first-order valence-electron chi connectivity index (χ1n) is 8.75. The number of hydrogen-bond acceptors (Lipinski definition) is 5. The molecule has 1 heterocycles. The number of nitrogens with zero attached hydrogens (tertiary/aromatic N) is 2. The Bertz CT molecular complexity index is 857. The van der Waals surface area contributed by atoms with E-state index in [9.17, 15) is 19.3 Å². The van der Waals surface area contributed by atoms with Gasteiger partial charge in [-0.25, -0.2) is 4.39 Å². The second kappa shape index (κ2) is 9.09. The minimum absolute atomic E-state index is 0.0997. The molecule has 9 heteroatoms. The number of hydrogen-bond donors (Lipinski definition) is 1. The molecule has 0 radical (unpaired) electrons. The highest BCUT2D eigenvalue weighted by Gasteiger charge is 2.25. The summed E-state index contributed by atoms with van der Waals surface area (Å²) in [5, 5.41) is 14.2. The van der Waals surface area contributed by atoms with E-state index in [2.05, 4.69) is 10.2 Å². The maximum absolute atomic E-state index is 13.3. The third-order valence-electron chi connectivity index (χ3n) is 4.60. The maximum Gasteiger partial charge on any atom is 0.282 e. The number of halogens is 2. The van der Waals surface area contributed by atoms with Gasteiger partial charge in [0.1, 0.15) is 11.4 Å². The Morgan fingerprint density at radius 3 is 2.57 bits per heavy atom. The molecule has 1 N–H and O–H groups in total. The van der Waals surface area contributed by atoms with Gasteiger partial charge in [-0.1, -0.05) is 23.7 Å². The highest BCUT2D eigenvalue weighted by atomic mass is 35.5. The van der Waals surface area contributed by atoms with Crippen LogP contribution in [-0.2, 0) is 4.74 Å². The monoisotopic (exact) mass is 407 g/mol. The number of rotatable bonds is 6. The fraction of sp³-hybridized carbons (Fsp3) is 0.316. The lowest BCUT2D eigenvalue weighted by Crippen LogP contribution is -2.43. The molecule has 0 aliphatic carbocycles. The molecule has 1 atom stereocenters. The minimum atomic E-state index is -0.620. The second-order valence-electron chi connectivity index (χ2n) is 6.34. The molecule has 2 aromatic carbocycles. The van der Waals surface area contributed by atoms with Crippen molar-refractivity contribution in [2.24, 2.45) is 0 Å². The molecule has 3 rings (SSSR count). The van der Waals surface area contributed by atoms with E-state index in [4.69, 9.17) is 16.3 Å². The topological polar surface area (TPSA) is 84.7 Å². The zero-order valence-corrected chi connectivity index (χ0v) is 15.7. The molecule has 2 aromatic rings. The normalized spacial score (nSPS) is 15.8. The average Bonchev–Trinajstić information content (AvgIpc) is 2.69. The number of ether oxygens (including phenoxy) is 1. The molecule has 1 amide bonds. The number of carbonyl (C=O) groups is 1. The summed E-state index contributed by atoms with van der Waals surface area (Å²) in [6.07, 6.45) is 0. The SMILES string of the molecule is O=C(NCC(c1ccc(F)cc1)N1CCOCC1)c1cc(Cl)ccc1[N+](=O)[O-]. The van der Waals surface area contributed by atoms with Gasteiger partial charge < -0.3 is 10.1 Å². The first-order chi connectivity index (χ1) is 13.5. The summed E-state index contributed by atoms with van der Waals surface area (Å²) in [5.74, 6) is -0.933. The average molecular weight is 408 g/mol. The van der Waals surface area contributed by atoms with Gasteiger partial charge in [0.15, 0.2) is 0 Å². The molecule has 1 unspecified atom stereocenters. The van der Waals surface area contributed by atoms with Gasteiger partial charge >= 0.3 is 0 Å². The number of nitro groups is 1. The molecule has 1 aliphatic rings. The lowest BCUT2D eigenvalue weighted by molar-refractivity contribution is -0.385. The summed E-state index contributed by atoms with van der Waals surface area (Å²) in [7, 11) is 0. The lowest BCUT2D eigenvalue weighted by Gasteiger charge is -2.35. The van der Waals surface area contributed by atoms with Crippen molar-refractivity contribution in [3.05, 3.63) is 74.5 Å². The van der Waals surface area contributed by atoms with E-state index in [1.54, 1.807) is 12.1 Å². The van der Waals surface area contributed by atoms with E-state index in [1.165, 1.54) is 30.3 Å². The van der Waals surface area contributed by atoms with E-state index in [1.807, 2.05) is 0 Å². The number of benzene rings is 2. The third kappa shape index (κ3) is 4.83. The van der Waals surface area contributed by atoms with Crippen molar-refractivity contribution in [2.45, 2.75) is 6.04 Å². The summed E-state index contributed by atoms with van der Waals surface area (Å²) < 4.78 is 18.7. The molecule has 0 spiro atoms. The zero-order valence-electron chi connectivity index (χ0n) is 14.9. The predicted molar refractivity (Wildman–Crippen MR) is 102 cm³/mol. The van der Waals surface area contributed by atoms with Crippen molar-refractivity contribution in [3.8, 4) is 0 Å². The van der Waals surface area contributed by atoms with Gasteiger partial charge in [-0.3, -0.25) is 19.8 Å². The Hall–Kier alpha value is -2.55. The molecular weight excluding hydrogens is 389 g/mol. The molecule has 1 saturated heterocycles. The molecular formula is C19H19ClFN3O4. The minimum Gasteiger partial charge on any atom is -0.379 e. The highest BCUT2D eigenvalue weighted by molar-refractivity contribution is 6.31. The fourth-order valence-corrected chi connectivity index (χ4v) is 3.34. The van der Waals surface area contributed by atoms with Crippen LogP contribution in [0.4, 0.5) is 10.1 Å². The first kappa shape index (κ1) is 20.2. The molecule has 0 aromatic heterocycles. The molecule has 148 valence electrons. The predicted octanol–water partition coefficient (Wildman–Crippen LogP) is 3.19. The van der Waals surface area contributed by atoms with Crippen LogP contribution in [-0.4, -0.2) is 48.6 Å². The summed E-state index contributed by atoms with van der Waals surface area (Å²) in [6, 6.07) is 9.71. The number of nitro benzene ring substituents is 1. The number of morpholine rings is 1. The van der Waals surface area contributed by atoms with Crippen LogP contribution in [0.1, 0.15) is 22.0 Å². The third-order valence-corrected chi connectivity index (χ3v) is 4.83. The Balaban J connectivity index is 1.80. The quantitative estimate of drug-likeness (QED) is 0.587. The summed E-state index contributed by atoms with van der Waals surface area (Å²) in [6.45, 7) is 2.65. The molecule has 0 saturated carbocycles. The first-order valence-corrected chi connectivity index (χ1v) is 9.13. The van der Waals surface area contributed by atoms with Gasteiger partial charge in [0, 0.05) is 30.7 Å². The van der Waals surface area contributed by atoms with Crippen LogP contribution in [0, 0.1) is 15.9 Å². The van der Waals surface area contributed by atoms with Crippen molar-refractivity contribution in [1.82, 2.24) is 10.2 Å². The number of carbonyl (C=O) groups excluding carboxylic acids is 1. The Kier molecular flexibility index (Phi) is 6.56. The van der Waals surface area contributed by atoms with E-state index in [0.29, 0.717) is 26.3 Å². The van der Waals surface area contributed by atoms with E-state index in [0.717, 1.165) is 5.56 Å². The summed E-state index contributed by atoms with van der Waals surface area (Å²) in [4.78, 5) is 25.3. The molecule has 7 nitrogen and oxygen atoms in total. The second-order valence-corrected chi connectivity index (χ2v) is 6.78. The van der Waals surface area contributed by atoms with Gasteiger partial charge in [0.25, 0.3) is 11.6 Å². The van der Waals surface area contributed by atoms with Gasteiger partial charge in [-0.15, -0.1) is 0 Å². The van der Waals surface area contributed by atoms with Crippen molar-refractivity contribution in [1.29, 1.82) is 0 Å². The van der Waals surface area contributed by atoms with E-state index >= 15 is 0 Å². The maximum atomic E-state index is 13.3. The highest BCUT2D eigenvalue weighted by Crippen LogP contribution is 2.24. The van der Waals surface area contributed by atoms with E-state index in [-0.39, 0.29) is 34.7 Å². The molecule has 28 heavy (non-hydrogen) atoms. The smallest absolute Gasteiger partial charge is 0.282 e. The molecule has 1 aliphatic heterocycles. The van der Waals surface area contributed by atoms with Crippen LogP contribution in [0.2, 0.25) is 5.02 Å². The molecule has 0 bridgehead atoms. The van der Waals surface area contributed by atoms with E-state index < -0.39 is 10.8 Å². The van der Waals surface area contributed by atoms with Gasteiger partial charge in [0.05, 0.1) is 24.2 Å². The zero-order chi connectivity index (χ0) is 20.1. The van der Waals surface area contributed by atoms with Crippen LogP contribution < -0.4 is 5.32 Å². The van der Waals surface area contributed by atoms with Gasteiger partial charge in [0.2, 0.25) is 0 Å². The van der Waals surface area contributed by atoms with Crippen molar-refractivity contribution >= 4 is 23.2 Å². The van der Waals surface area contributed by atoms with Crippen LogP contribution in [0.25, 0.3) is 0 Å². The lowest BCUT2D eigenvalue weighted by atomic mass is 10.0. The van der Waals surface area contributed by atoms with Crippen LogP contribution in [0.3, 0.4) is 0 Å². The van der Waals surface area contributed by atoms with Crippen LogP contribution in [0.15, 0.2) is 42.5 Å². The number of amides is 1.